The first-order valence-electron chi connectivity index (χ1n) is 17.6. The Morgan fingerprint density at radius 3 is 2.00 bits per heavy atom. The van der Waals surface area contributed by atoms with Gasteiger partial charge in [0.25, 0.3) is 0 Å². The van der Waals surface area contributed by atoms with Crippen LogP contribution in [-0.4, -0.2) is 84.2 Å². The molecule has 0 aromatic heterocycles. The van der Waals surface area contributed by atoms with E-state index in [1.807, 2.05) is 24.3 Å². The maximum Gasteiger partial charge on any atom is 0.416 e. The number of halogens is 5. The van der Waals surface area contributed by atoms with Crippen molar-refractivity contribution < 1.29 is 37.1 Å². The minimum absolute atomic E-state index is 0.0387. The van der Waals surface area contributed by atoms with Gasteiger partial charge >= 0.3 is 6.18 Å². The Morgan fingerprint density at radius 1 is 0.717 bits per heavy atom. The summed E-state index contributed by atoms with van der Waals surface area (Å²) in [6, 6.07) is 16.9. The molecular formula is C39H43Cl2F3N4O5. The van der Waals surface area contributed by atoms with Crippen molar-refractivity contribution in [1.82, 2.24) is 20.0 Å². The highest BCUT2D eigenvalue weighted by Gasteiger charge is 2.32. The molecule has 3 aliphatic rings. The van der Waals surface area contributed by atoms with Gasteiger partial charge in [-0.2, -0.15) is 13.2 Å². The first-order valence-corrected chi connectivity index (χ1v) is 18.4. The van der Waals surface area contributed by atoms with E-state index >= 15 is 0 Å². The van der Waals surface area contributed by atoms with Gasteiger partial charge in [-0.1, -0.05) is 53.5 Å². The Hall–Kier alpha value is -4.29. The van der Waals surface area contributed by atoms with Crippen molar-refractivity contribution in [3.05, 3.63) is 99.0 Å². The lowest BCUT2D eigenvalue weighted by atomic mass is 9.83. The molecular weight excluding hydrogens is 732 g/mol. The maximum atomic E-state index is 14.2. The van der Waals surface area contributed by atoms with Gasteiger partial charge in [0, 0.05) is 32.1 Å². The molecule has 0 radical (unpaired) electrons. The fraction of sp³-hybridized carbons (Fsp3) is 0.436. The van der Waals surface area contributed by atoms with E-state index in [0.717, 1.165) is 17.7 Å². The maximum absolute atomic E-state index is 14.2. The van der Waals surface area contributed by atoms with E-state index < -0.39 is 30.1 Å². The zero-order valence-electron chi connectivity index (χ0n) is 29.5. The number of carbonyl (C=O) groups is 4. The van der Waals surface area contributed by atoms with Crippen LogP contribution in [0.4, 0.5) is 13.2 Å². The summed E-state index contributed by atoms with van der Waals surface area (Å²) in [7, 11) is 1.56. The number of amides is 4. The zero-order chi connectivity index (χ0) is 38.1. The van der Waals surface area contributed by atoms with Crippen molar-refractivity contribution >= 4 is 46.8 Å². The molecule has 2 aliphatic heterocycles. The number of fused-ring (bicyclic) bond motifs is 13. The third-order valence-electron chi connectivity index (χ3n) is 9.83. The van der Waals surface area contributed by atoms with Crippen LogP contribution in [0.3, 0.4) is 0 Å². The molecule has 0 atom stereocenters. The third kappa shape index (κ3) is 11.6. The molecule has 2 saturated heterocycles. The molecule has 14 heteroatoms. The number of carbonyl (C=O) groups excluding carboxylic acids is 4. The van der Waals surface area contributed by atoms with Gasteiger partial charge in [-0.25, -0.2) is 0 Å². The van der Waals surface area contributed by atoms with E-state index in [-0.39, 0.29) is 74.4 Å². The van der Waals surface area contributed by atoms with E-state index in [2.05, 4.69) is 5.32 Å². The molecule has 3 aromatic carbocycles. The highest BCUT2D eigenvalue weighted by atomic mass is 35.5. The smallest absolute Gasteiger partial charge is 0.416 e. The van der Waals surface area contributed by atoms with Gasteiger partial charge in [0.2, 0.25) is 23.6 Å². The van der Waals surface area contributed by atoms with E-state index in [9.17, 15) is 32.3 Å². The van der Waals surface area contributed by atoms with E-state index in [1.165, 1.54) is 26.8 Å². The van der Waals surface area contributed by atoms with Gasteiger partial charge in [-0.3, -0.25) is 19.2 Å². The van der Waals surface area contributed by atoms with Crippen LogP contribution in [0.1, 0.15) is 54.4 Å². The van der Waals surface area contributed by atoms with Crippen molar-refractivity contribution in [3.8, 4) is 5.75 Å². The van der Waals surface area contributed by atoms with Crippen molar-refractivity contribution in [1.29, 1.82) is 0 Å². The number of hydrogen-bond donors (Lipinski definition) is 1. The molecule has 3 aromatic rings. The van der Waals surface area contributed by atoms with Gasteiger partial charge in [-0.05, 0) is 97.5 Å². The first-order chi connectivity index (χ1) is 25.3. The minimum Gasteiger partial charge on any atom is -0.497 e. The molecule has 0 spiro atoms. The largest absolute Gasteiger partial charge is 0.497 e. The Morgan fingerprint density at radius 2 is 1.34 bits per heavy atom. The Labute approximate surface area is 317 Å². The van der Waals surface area contributed by atoms with Crippen LogP contribution in [0.15, 0.2) is 66.7 Å². The fourth-order valence-electron chi connectivity index (χ4n) is 6.75. The number of hydrogen-bond acceptors (Lipinski definition) is 5. The van der Waals surface area contributed by atoms with Crippen LogP contribution in [0, 0.1) is 5.92 Å². The second-order valence-electron chi connectivity index (χ2n) is 13.7. The van der Waals surface area contributed by atoms with Crippen molar-refractivity contribution in [2.24, 2.45) is 5.92 Å². The average Bonchev–Trinajstić information content (AvgIpc) is 3.13. The highest BCUT2D eigenvalue weighted by Crippen LogP contribution is 2.30. The van der Waals surface area contributed by atoms with Crippen LogP contribution < -0.4 is 10.1 Å². The summed E-state index contributed by atoms with van der Waals surface area (Å²) < 4.78 is 44.9. The lowest BCUT2D eigenvalue weighted by Crippen LogP contribution is -2.51. The van der Waals surface area contributed by atoms with Crippen molar-refractivity contribution in [3.63, 3.8) is 0 Å². The van der Waals surface area contributed by atoms with Crippen LogP contribution in [0.5, 0.6) is 5.75 Å². The lowest BCUT2D eigenvalue weighted by Gasteiger charge is -2.33. The number of ether oxygens (including phenoxy) is 1. The molecule has 2 heterocycles. The van der Waals surface area contributed by atoms with Gasteiger partial charge in [0.1, 0.15) is 12.3 Å². The summed E-state index contributed by atoms with van der Waals surface area (Å²) >= 11 is 12.4. The summed E-state index contributed by atoms with van der Waals surface area (Å²) in [6.45, 7) is -0.704. The van der Waals surface area contributed by atoms with Crippen molar-refractivity contribution in [2.45, 2.75) is 63.7 Å². The van der Waals surface area contributed by atoms with E-state index in [1.54, 1.807) is 25.3 Å². The van der Waals surface area contributed by atoms with Crippen LogP contribution in [0.25, 0.3) is 0 Å². The number of methoxy groups -OCH3 is 1. The number of nitrogens with zero attached hydrogens (tertiary/aromatic N) is 3. The molecule has 1 aliphatic carbocycles. The number of nitrogens with one attached hydrogen (secondary N) is 1. The van der Waals surface area contributed by atoms with Crippen LogP contribution >= 0.6 is 23.2 Å². The second-order valence-corrected chi connectivity index (χ2v) is 14.5. The monoisotopic (exact) mass is 774 g/mol. The standard InChI is InChI=1S/C39H43Cl2F3N4O5/c1-53-32-4-2-3-27(19-32)16-18-46-23-35(49)45-31-12-7-28(8-13-31)21-36(50)47(17-15-26-5-10-30(11-6-26)39(42,43)44)24-38(52)48(25-37(46)51)22-29-9-14-33(40)34(41)20-29/h2-6,9-11,14,19-20,28,31H,7-8,12-13,15-18,21-25H2,1H3,(H,45,49). The summed E-state index contributed by atoms with van der Waals surface area (Å²) in [6.07, 6.45) is -0.917. The number of rotatable bonds is 9. The van der Waals surface area contributed by atoms with Gasteiger partial charge in [0.15, 0.2) is 0 Å². The lowest BCUT2D eigenvalue weighted by molar-refractivity contribution is -0.146. The number of alkyl halides is 3. The molecule has 1 N–H and O–H groups in total. The summed E-state index contributed by atoms with van der Waals surface area (Å²) in [5, 5.41) is 3.65. The van der Waals surface area contributed by atoms with Gasteiger partial charge in [-0.15, -0.1) is 0 Å². The molecule has 0 unspecified atom stereocenters. The summed E-state index contributed by atoms with van der Waals surface area (Å²) in [5.74, 6) is -0.836. The Balaban J connectivity index is 1.42. The second kappa shape index (κ2) is 18.2. The average molecular weight is 776 g/mol. The Bertz CT molecular complexity index is 1770. The molecule has 9 nitrogen and oxygen atoms in total. The molecule has 53 heavy (non-hydrogen) atoms. The molecule has 6 rings (SSSR count). The van der Waals surface area contributed by atoms with Crippen molar-refractivity contribution in [2.75, 3.05) is 39.8 Å². The fourth-order valence-corrected chi connectivity index (χ4v) is 7.07. The quantitative estimate of drug-likeness (QED) is 0.248. The van der Waals surface area contributed by atoms with Gasteiger partial charge in [0.05, 0.1) is 35.8 Å². The normalized spacial score (nSPS) is 19.5. The number of benzene rings is 3. The zero-order valence-corrected chi connectivity index (χ0v) is 31.0. The molecule has 4 amide bonds. The summed E-state index contributed by atoms with van der Waals surface area (Å²) in [5.41, 5.74) is 1.30. The van der Waals surface area contributed by atoms with E-state index in [0.29, 0.717) is 54.0 Å². The van der Waals surface area contributed by atoms with Crippen LogP contribution in [-0.2, 0) is 44.7 Å². The topological polar surface area (TPSA) is 99.3 Å². The SMILES string of the molecule is COc1cccc(CCN2CC(=O)NC3CCC(CC3)CC(=O)N(CCc3ccc(C(F)(F)F)cc3)CC(=O)N(Cc3ccc(Cl)c(Cl)c3)CC2=O)c1. The summed E-state index contributed by atoms with van der Waals surface area (Å²) in [4.78, 5) is 59.7. The van der Waals surface area contributed by atoms with E-state index in [4.69, 9.17) is 27.9 Å². The Kier molecular flexibility index (Phi) is 13.7. The van der Waals surface area contributed by atoms with Crippen LogP contribution in [0.2, 0.25) is 10.0 Å². The minimum atomic E-state index is -4.48. The predicted octanol–water partition coefficient (Wildman–Crippen LogP) is 6.57. The molecule has 3 fully saturated rings. The molecule has 284 valence electrons. The first kappa shape index (κ1) is 39.9. The predicted molar refractivity (Wildman–Crippen MR) is 195 cm³/mol. The highest BCUT2D eigenvalue weighted by molar-refractivity contribution is 6.42. The third-order valence-corrected chi connectivity index (χ3v) is 10.6. The molecule has 1 saturated carbocycles. The molecule has 2 bridgehead atoms. The van der Waals surface area contributed by atoms with Gasteiger partial charge < -0.3 is 24.8 Å².